The zero-order valence-corrected chi connectivity index (χ0v) is 20.1. The van der Waals surface area contributed by atoms with Crippen molar-refractivity contribution in [1.82, 2.24) is 29.5 Å². The van der Waals surface area contributed by atoms with E-state index in [9.17, 15) is 22.8 Å². The third-order valence-electron chi connectivity index (χ3n) is 7.38. The van der Waals surface area contributed by atoms with Crippen LogP contribution in [0.5, 0.6) is 0 Å². The van der Waals surface area contributed by atoms with Gasteiger partial charge in [-0.1, -0.05) is 12.1 Å². The number of benzene rings is 1. The van der Waals surface area contributed by atoms with Crippen molar-refractivity contribution in [3.8, 4) is 11.3 Å². The largest absolute Gasteiger partial charge is 0.416 e. The predicted molar refractivity (Wildman–Crippen MR) is 127 cm³/mol. The van der Waals surface area contributed by atoms with Gasteiger partial charge in [-0.2, -0.15) is 23.0 Å². The Kier molecular flexibility index (Phi) is 6.44. The summed E-state index contributed by atoms with van der Waals surface area (Å²) in [7, 11) is 1.85. The normalized spacial score (nSPS) is 21.4. The zero-order chi connectivity index (χ0) is 26.3. The van der Waals surface area contributed by atoms with E-state index >= 15 is 0 Å². The average molecular weight is 514 g/mol. The Morgan fingerprint density at radius 3 is 2.46 bits per heavy atom. The lowest BCUT2D eigenvalue weighted by Crippen LogP contribution is -2.36. The lowest BCUT2D eigenvalue weighted by atomic mass is 10.0. The van der Waals surface area contributed by atoms with Gasteiger partial charge < -0.3 is 10.6 Å². The van der Waals surface area contributed by atoms with Crippen molar-refractivity contribution in [3.05, 3.63) is 65.9 Å². The minimum Gasteiger partial charge on any atom is -0.366 e. The van der Waals surface area contributed by atoms with E-state index in [2.05, 4.69) is 15.1 Å². The van der Waals surface area contributed by atoms with Crippen LogP contribution in [0.3, 0.4) is 0 Å². The van der Waals surface area contributed by atoms with Gasteiger partial charge in [0, 0.05) is 49.8 Å². The number of fused-ring (bicyclic) bond motifs is 1. The van der Waals surface area contributed by atoms with Gasteiger partial charge in [-0.25, -0.2) is 4.79 Å². The number of nitrogens with two attached hydrogens (primary N) is 1. The van der Waals surface area contributed by atoms with E-state index in [1.54, 1.807) is 11.0 Å². The zero-order valence-electron chi connectivity index (χ0n) is 20.1. The van der Waals surface area contributed by atoms with Gasteiger partial charge in [-0.05, 0) is 43.4 Å². The maximum absolute atomic E-state index is 13.9. The topological polar surface area (TPSA) is 110 Å². The smallest absolute Gasteiger partial charge is 0.366 e. The number of primary amides is 1. The van der Waals surface area contributed by atoms with Crippen molar-refractivity contribution in [2.45, 2.75) is 31.6 Å². The Labute approximate surface area is 211 Å². The van der Waals surface area contributed by atoms with E-state index in [0.29, 0.717) is 24.3 Å². The molecular weight excluding hydrogens is 487 g/mol. The molecule has 0 radical (unpaired) electrons. The standard InChI is InChI=1S/C25H26F3N7O2/c1-33(11-16-3-2-15(8-21(16)25(26,27)28)22-10-30-4-5-31-22)20-6-17-12-34(13-18(17)7-20)24(37)35-14-19(9-32-35)23(29)36/h2-5,8-10,14,17-18,20H,6-7,11-13H2,1H3,(H2,29,36)/t17-,18+,20+. The molecule has 3 heterocycles. The van der Waals surface area contributed by atoms with Crippen molar-refractivity contribution < 1.29 is 22.8 Å². The third kappa shape index (κ3) is 5.06. The summed E-state index contributed by atoms with van der Waals surface area (Å²) < 4.78 is 42.9. The Hall–Kier alpha value is -3.80. The van der Waals surface area contributed by atoms with E-state index < -0.39 is 17.6 Å². The highest BCUT2D eigenvalue weighted by molar-refractivity contribution is 5.93. The fourth-order valence-electron chi connectivity index (χ4n) is 5.47. The first-order chi connectivity index (χ1) is 17.6. The second kappa shape index (κ2) is 9.58. The number of amides is 2. The molecule has 1 aromatic carbocycles. The molecule has 12 heteroatoms. The molecule has 0 bridgehead atoms. The fraction of sp³-hybridized carbons (Fsp3) is 0.400. The highest BCUT2D eigenvalue weighted by Gasteiger charge is 2.44. The SMILES string of the molecule is CN(Cc1ccc(-c2cnccn2)cc1C(F)(F)F)[C@H]1C[C@@H]2CN(C(=O)n3cc(C(N)=O)cn3)C[C@@H]2C1. The molecule has 2 amide bonds. The third-order valence-corrected chi connectivity index (χ3v) is 7.38. The summed E-state index contributed by atoms with van der Waals surface area (Å²) >= 11 is 0. The van der Waals surface area contributed by atoms with Crippen LogP contribution < -0.4 is 5.73 Å². The summed E-state index contributed by atoms with van der Waals surface area (Å²) in [5.74, 6) is -0.146. The van der Waals surface area contributed by atoms with Crippen LogP contribution in [0.1, 0.15) is 34.3 Å². The highest BCUT2D eigenvalue weighted by Crippen LogP contribution is 2.41. The maximum Gasteiger partial charge on any atom is 0.416 e. The number of likely N-dealkylation sites (tertiary alicyclic amines) is 1. The van der Waals surface area contributed by atoms with Crippen molar-refractivity contribution in [1.29, 1.82) is 0 Å². The minimum absolute atomic E-state index is 0.110. The van der Waals surface area contributed by atoms with E-state index in [1.807, 2.05) is 11.9 Å². The number of hydrogen-bond acceptors (Lipinski definition) is 6. The summed E-state index contributed by atoms with van der Waals surface area (Å²) in [6, 6.07) is 4.10. The summed E-state index contributed by atoms with van der Waals surface area (Å²) in [6.07, 6.45) is 4.02. The summed E-state index contributed by atoms with van der Waals surface area (Å²) in [6.45, 7) is 1.24. The molecule has 194 valence electrons. The van der Waals surface area contributed by atoms with Crippen molar-refractivity contribution in [2.75, 3.05) is 20.1 Å². The summed E-state index contributed by atoms with van der Waals surface area (Å²) in [4.78, 5) is 35.8. The Balaban J connectivity index is 1.24. The Morgan fingerprint density at radius 1 is 1.14 bits per heavy atom. The van der Waals surface area contributed by atoms with Crippen molar-refractivity contribution in [2.24, 2.45) is 17.6 Å². The number of aromatic nitrogens is 4. The first-order valence-electron chi connectivity index (χ1n) is 11.9. The van der Waals surface area contributed by atoms with Crippen molar-refractivity contribution in [3.63, 3.8) is 0 Å². The Morgan fingerprint density at radius 2 is 1.86 bits per heavy atom. The molecule has 9 nitrogen and oxygen atoms in total. The number of hydrogen-bond donors (Lipinski definition) is 1. The molecule has 5 rings (SSSR count). The quantitative estimate of drug-likeness (QED) is 0.561. The molecule has 1 saturated heterocycles. The van der Waals surface area contributed by atoms with Gasteiger partial charge >= 0.3 is 12.2 Å². The summed E-state index contributed by atoms with van der Waals surface area (Å²) in [5.41, 5.74) is 5.68. The number of alkyl halides is 3. The lowest BCUT2D eigenvalue weighted by Gasteiger charge is -2.27. The average Bonchev–Trinajstić information content (AvgIpc) is 3.59. The van der Waals surface area contributed by atoms with Gasteiger partial charge in [0.1, 0.15) is 0 Å². The molecule has 3 atom stereocenters. The molecule has 3 aromatic rings. The molecular formula is C25H26F3N7O2. The molecule has 0 unspecified atom stereocenters. The van der Waals surface area contributed by atoms with Crippen LogP contribution in [0.2, 0.25) is 0 Å². The van der Waals surface area contributed by atoms with E-state index in [1.165, 1.54) is 37.1 Å². The van der Waals surface area contributed by atoms with E-state index in [4.69, 9.17) is 5.73 Å². The van der Waals surface area contributed by atoms with E-state index in [-0.39, 0.29) is 41.6 Å². The lowest BCUT2D eigenvalue weighted by molar-refractivity contribution is -0.138. The summed E-state index contributed by atoms with van der Waals surface area (Å²) in [5, 5.41) is 3.94. The first-order valence-corrected chi connectivity index (χ1v) is 11.9. The van der Waals surface area contributed by atoms with Crippen LogP contribution in [0.4, 0.5) is 18.0 Å². The van der Waals surface area contributed by atoms with Crippen molar-refractivity contribution >= 4 is 11.9 Å². The molecule has 1 aliphatic carbocycles. The van der Waals surface area contributed by atoms with Gasteiger partial charge in [-0.3, -0.25) is 19.7 Å². The molecule has 1 saturated carbocycles. The fourth-order valence-corrected chi connectivity index (χ4v) is 5.47. The van der Waals surface area contributed by atoms with Gasteiger partial charge in [0.25, 0.3) is 5.91 Å². The number of halogens is 3. The molecule has 37 heavy (non-hydrogen) atoms. The van der Waals surface area contributed by atoms with Gasteiger partial charge in [0.05, 0.1) is 29.2 Å². The first kappa shape index (κ1) is 24.9. The van der Waals surface area contributed by atoms with Crippen LogP contribution in [-0.4, -0.2) is 67.7 Å². The second-order valence-electron chi connectivity index (χ2n) is 9.75. The molecule has 2 aliphatic rings. The van der Waals surface area contributed by atoms with Crippen LogP contribution in [0.15, 0.2) is 49.2 Å². The molecule has 0 spiro atoms. The monoisotopic (exact) mass is 513 g/mol. The van der Waals surface area contributed by atoms with Crippen LogP contribution in [-0.2, 0) is 12.7 Å². The number of carbonyl (C=O) groups is 2. The maximum atomic E-state index is 13.9. The van der Waals surface area contributed by atoms with Gasteiger partial charge in [0.2, 0.25) is 0 Å². The van der Waals surface area contributed by atoms with Crippen LogP contribution in [0, 0.1) is 11.8 Å². The molecule has 2 aromatic heterocycles. The van der Waals surface area contributed by atoms with Gasteiger partial charge in [0.15, 0.2) is 0 Å². The molecule has 2 fully saturated rings. The number of carbonyl (C=O) groups excluding carboxylic acids is 2. The van der Waals surface area contributed by atoms with Gasteiger partial charge in [-0.15, -0.1) is 0 Å². The number of nitrogens with zero attached hydrogens (tertiary/aromatic N) is 6. The molecule has 1 aliphatic heterocycles. The second-order valence-corrected chi connectivity index (χ2v) is 9.75. The molecule has 2 N–H and O–H groups in total. The van der Waals surface area contributed by atoms with Crippen LogP contribution >= 0.6 is 0 Å². The minimum atomic E-state index is -4.50. The highest BCUT2D eigenvalue weighted by atomic mass is 19.4. The Bertz CT molecular complexity index is 1300. The van der Waals surface area contributed by atoms with E-state index in [0.717, 1.165) is 23.6 Å². The number of rotatable bonds is 5. The predicted octanol–water partition coefficient (Wildman–Crippen LogP) is 3.27. The van der Waals surface area contributed by atoms with Crippen LogP contribution in [0.25, 0.3) is 11.3 Å².